The molecule has 0 spiro atoms. The fourth-order valence-corrected chi connectivity index (χ4v) is 22.6. The van der Waals surface area contributed by atoms with E-state index in [0.29, 0.717) is 0 Å². The minimum Gasteiger partial charge on any atom is -0.248 e. The maximum atomic E-state index is 5.52. The number of nitrogens with zero attached hydrogens (tertiary/aromatic N) is 3. The molecule has 472 valence electrons. The van der Waals surface area contributed by atoms with Crippen molar-refractivity contribution in [2.24, 2.45) is 0 Å². The highest BCUT2D eigenvalue weighted by atomic mass is 28.3. The molecule has 15 aromatic carbocycles. The first-order chi connectivity index (χ1) is 49.2. The van der Waals surface area contributed by atoms with Gasteiger partial charge in [0.25, 0.3) is 0 Å². The summed E-state index contributed by atoms with van der Waals surface area (Å²) in [6, 6.07) is 125. The van der Waals surface area contributed by atoms with Crippen LogP contribution in [0.4, 0.5) is 0 Å². The standard InChI is InChI=1S/C51H37NSi.C44H32N2Si/c1-53(2)47-26-14-13-24-43(47)51-44(25-15-27-48(51)53)49-39-20-9-11-22-41(39)50(42-23-12-10-21-40(42)49)46-33-38(35-18-7-4-8-19-35)32-45(52-46)37-30-28-36(29-31-37)34-16-5-3-6-17-34;1-47(2)39-26-14-13-24-35(39)42-36(25-15-27-40(42)47)41-31-20-9-11-22-33(31)43(34-23-12-10-21-32(34)41)44-45-37(29-16-5-3-6-17-29)28-38(46-44)30-18-7-4-8-19-30/h3-33H,1-2H3;3-28H,1-2H3. The summed E-state index contributed by atoms with van der Waals surface area (Å²) in [7, 11) is -3.70. The highest BCUT2D eigenvalue weighted by Gasteiger charge is 2.40. The first-order valence-corrected chi connectivity index (χ1v) is 40.7. The SMILES string of the molecule is C[Si]1(C)c2ccccc2-c2c(-c3c4ccccc4c(-c4cc(-c5ccccc5)cc(-c5ccc(-c6ccccc6)cc5)n4)c4ccccc34)cccc21.C[Si]1(C)c2ccccc2-c2c(-c3c4ccccc4c(-c4nc(-c5ccccc5)cc(-c5ccccc5)n4)c4ccccc34)cccc21. The summed E-state index contributed by atoms with van der Waals surface area (Å²) in [5, 5.41) is 15.8. The summed E-state index contributed by atoms with van der Waals surface area (Å²) >= 11 is 0. The maximum absolute atomic E-state index is 5.52. The van der Waals surface area contributed by atoms with Gasteiger partial charge in [-0.2, -0.15) is 0 Å². The molecule has 0 saturated carbocycles. The smallest absolute Gasteiger partial charge is 0.161 e. The van der Waals surface area contributed by atoms with Crippen LogP contribution in [0.5, 0.6) is 0 Å². The largest absolute Gasteiger partial charge is 0.248 e. The van der Waals surface area contributed by atoms with E-state index < -0.39 is 16.1 Å². The third-order valence-electron chi connectivity index (χ3n) is 21.2. The van der Waals surface area contributed by atoms with Crippen molar-refractivity contribution in [3.63, 3.8) is 0 Å². The van der Waals surface area contributed by atoms with Gasteiger partial charge >= 0.3 is 0 Å². The molecular formula is C95H69N3Si2. The summed E-state index contributed by atoms with van der Waals surface area (Å²) in [6.45, 7) is 9.97. The zero-order valence-corrected chi connectivity index (χ0v) is 58.3. The topological polar surface area (TPSA) is 38.7 Å². The lowest BCUT2D eigenvalue weighted by Crippen LogP contribution is -2.49. The molecule has 2 aliphatic rings. The Morgan fingerprint density at radius 2 is 0.460 bits per heavy atom. The van der Waals surface area contributed by atoms with E-state index in [1.807, 2.05) is 12.1 Å². The molecule has 19 rings (SSSR count). The molecule has 0 unspecified atom stereocenters. The Bertz CT molecular complexity index is 5890. The van der Waals surface area contributed by atoms with Crippen molar-refractivity contribution in [3.8, 4) is 123 Å². The van der Waals surface area contributed by atoms with Gasteiger partial charge in [-0.3, -0.25) is 0 Å². The molecule has 0 N–H and O–H groups in total. The molecule has 5 heteroatoms. The van der Waals surface area contributed by atoms with Crippen LogP contribution in [-0.4, -0.2) is 31.1 Å². The molecule has 0 saturated heterocycles. The zero-order chi connectivity index (χ0) is 67.1. The highest BCUT2D eigenvalue weighted by molar-refractivity contribution is 7.04. The van der Waals surface area contributed by atoms with E-state index in [1.54, 1.807) is 0 Å². The molecule has 0 aliphatic carbocycles. The Balaban J connectivity index is 0.000000145. The molecule has 2 aliphatic heterocycles. The van der Waals surface area contributed by atoms with E-state index in [2.05, 4.69) is 360 Å². The number of hydrogen-bond donors (Lipinski definition) is 0. The number of hydrogen-bond acceptors (Lipinski definition) is 3. The van der Waals surface area contributed by atoms with Crippen LogP contribution in [0.15, 0.2) is 346 Å². The van der Waals surface area contributed by atoms with Crippen molar-refractivity contribution in [1.29, 1.82) is 0 Å². The molecular weight excluding hydrogens is 1240 g/mol. The highest BCUT2D eigenvalue weighted by Crippen LogP contribution is 2.50. The van der Waals surface area contributed by atoms with Crippen molar-refractivity contribution in [2.75, 3.05) is 0 Å². The van der Waals surface area contributed by atoms with Crippen LogP contribution in [0, 0.1) is 0 Å². The molecule has 0 amide bonds. The second-order valence-corrected chi connectivity index (χ2v) is 36.3. The normalized spacial score (nSPS) is 13.0. The minimum absolute atomic E-state index is 0.737. The van der Waals surface area contributed by atoms with Gasteiger partial charge < -0.3 is 0 Å². The van der Waals surface area contributed by atoms with Crippen LogP contribution >= 0.6 is 0 Å². The summed E-state index contributed by atoms with van der Waals surface area (Å²) in [5.74, 6) is 0.737. The van der Waals surface area contributed by atoms with Crippen LogP contribution in [0.1, 0.15) is 0 Å². The van der Waals surface area contributed by atoms with Crippen LogP contribution in [-0.2, 0) is 0 Å². The Kier molecular flexibility index (Phi) is 14.8. The maximum Gasteiger partial charge on any atom is 0.161 e. The third kappa shape index (κ3) is 10.1. The van der Waals surface area contributed by atoms with Gasteiger partial charge in [-0.05, 0) is 149 Å². The summed E-state index contributed by atoms with van der Waals surface area (Å²) in [5.41, 5.74) is 24.8. The zero-order valence-electron chi connectivity index (χ0n) is 56.3. The van der Waals surface area contributed by atoms with Crippen LogP contribution in [0.3, 0.4) is 0 Å². The Labute approximate surface area is 586 Å². The first kappa shape index (κ1) is 60.4. The van der Waals surface area contributed by atoms with E-state index in [1.165, 1.54) is 120 Å². The van der Waals surface area contributed by atoms with Crippen molar-refractivity contribution < 1.29 is 0 Å². The molecule has 100 heavy (non-hydrogen) atoms. The lowest BCUT2D eigenvalue weighted by molar-refractivity contribution is 1.19. The number of fused-ring (bicyclic) bond motifs is 10. The fraction of sp³-hybridized carbons (Fsp3) is 0.0421. The van der Waals surface area contributed by atoms with Gasteiger partial charge in [-0.1, -0.05) is 354 Å². The molecule has 17 aromatic rings. The van der Waals surface area contributed by atoms with E-state index in [4.69, 9.17) is 15.0 Å². The van der Waals surface area contributed by atoms with Crippen molar-refractivity contribution in [1.82, 2.24) is 15.0 Å². The van der Waals surface area contributed by atoms with Crippen LogP contribution in [0.2, 0.25) is 26.2 Å². The minimum atomic E-state index is -1.85. The van der Waals surface area contributed by atoms with Crippen molar-refractivity contribution in [2.45, 2.75) is 26.2 Å². The predicted molar refractivity (Wildman–Crippen MR) is 430 cm³/mol. The Morgan fingerprint density at radius 3 is 0.880 bits per heavy atom. The van der Waals surface area contributed by atoms with Gasteiger partial charge in [-0.15, -0.1) is 0 Å². The van der Waals surface area contributed by atoms with Crippen LogP contribution in [0.25, 0.3) is 166 Å². The second kappa shape index (κ2) is 24.5. The fourth-order valence-electron chi connectivity index (χ4n) is 16.4. The van der Waals surface area contributed by atoms with E-state index in [0.717, 1.165) is 67.2 Å². The van der Waals surface area contributed by atoms with Gasteiger partial charge in [0, 0.05) is 27.8 Å². The Hall–Kier alpha value is -12.0. The molecule has 0 bridgehead atoms. The molecule has 4 heterocycles. The quantitative estimate of drug-likeness (QED) is 0.107. The summed E-state index contributed by atoms with van der Waals surface area (Å²) in [6.07, 6.45) is 0. The van der Waals surface area contributed by atoms with Gasteiger partial charge in [0.1, 0.15) is 16.1 Å². The van der Waals surface area contributed by atoms with Gasteiger partial charge in [0.2, 0.25) is 0 Å². The Morgan fingerprint density at radius 1 is 0.180 bits per heavy atom. The number of pyridine rings is 1. The van der Waals surface area contributed by atoms with E-state index >= 15 is 0 Å². The van der Waals surface area contributed by atoms with Gasteiger partial charge in [0.15, 0.2) is 5.82 Å². The third-order valence-corrected chi connectivity index (χ3v) is 28.3. The van der Waals surface area contributed by atoms with Gasteiger partial charge in [0.05, 0.1) is 22.8 Å². The average Bonchev–Trinajstić information content (AvgIpc) is 1.38. The lowest BCUT2D eigenvalue weighted by atomic mass is 9.84. The average molecular weight is 1310 g/mol. The summed E-state index contributed by atoms with van der Waals surface area (Å²) in [4.78, 5) is 16.1. The van der Waals surface area contributed by atoms with E-state index in [-0.39, 0.29) is 0 Å². The predicted octanol–water partition coefficient (Wildman–Crippen LogP) is 22.8. The van der Waals surface area contributed by atoms with E-state index in [9.17, 15) is 0 Å². The van der Waals surface area contributed by atoms with Crippen molar-refractivity contribution in [3.05, 3.63) is 346 Å². The molecule has 0 radical (unpaired) electrons. The molecule has 0 fully saturated rings. The van der Waals surface area contributed by atoms with Crippen molar-refractivity contribution >= 4 is 80.0 Å². The summed E-state index contributed by atoms with van der Waals surface area (Å²) < 4.78 is 0. The second-order valence-electron chi connectivity index (χ2n) is 27.6. The number of rotatable bonds is 9. The molecule has 2 aromatic heterocycles. The lowest BCUT2D eigenvalue weighted by Gasteiger charge is -2.21. The molecule has 3 nitrogen and oxygen atoms in total. The van der Waals surface area contributed by atoms with Crippen LogP contribution < -0.4 is 20.7 Å². The number of aromatic nitrogens is 3. The van der Waals surface area contributed by atoms with Gasteiger partial charge in [-0.25, -0.2) is 15.0 Å². The monoisotopic (exact) mass is 1310 g/mol. The molecule has 0 atom stereocenters. The first-order valence-electron chi connectivity index (χ1n) is 34.7. The number of benzene rings is 15.